The highest BCUT2D eigenvalue weighted by molar-refractivity contribution is 5.97. The minimum absolute atomic E-state index is 0.193. The molecular formula is C15H17NO3. The van der Waals surface area contributed by atoms with Crippen molar-refractivity contribution in [2.24, 2.45) is 0 Å². The molecule has 0 radical (unpaired) electrons. The second kappa shape index (κ2) is 5.38. The van der Waals surface area contributed by atoms with Gasteiger partial charge in [-0.05, 0) is 31.5 Å². The number of benzene rings is 1. The molecule has 0 amide bonds. The second-order valence-corrected chi connectivity index (χ2v) is 4.65. The van der Waals surface area contributed by atoms with Gasteiger partial charge in [0.2, 0.25) is 5.78 Å². The molecule has 0 aliphatic carbocycles. The van der Waals surface area contributed by atoms with Gasteiger partial charge in [-0.25, -0.2) is 0 Å². The van der Waals surface area contributed by atoms with Gasteiger partial charge in [0.05, 0.1) is 12.3 Å². The van der Waals surface area contributed by atoms with Gasteiger partial charge in [0, 0.05) is 0 Å². The minimum Gasteiger partial charge on any atom is -0.461 e. The van der Waals surface area contributed by atoms with Gasteiger partial charge in [0.25, 0.3) is 0 Å². The molecule has 0 spiro atoms. The summed E-state index contributed by atoms with van der Waals surface area (Å²) in [5, 5.41) is 13.3. The third-order valence-corrected chi connectivity index (χ3v) is 2.99. The molecule has 0 saturated heterocycles. The summed E-state index contributed by atoms with van der Waals surface area (Å²) in [7, 11) is 0. The molecule has 0 bridgehead atoms. The van der Waals surface area contributed by atoms with E-state index in [0.717, 1.165) is 0 Å². The molecular weight excluding hydrogens is 242 g/mol. The van der Waals surface area contributed by atoms with Gasteiger partial charge in [-0.3, -0.25) is 10.1 Å². The zero-order chi connectivity index (χ0) is 13.9. The number of hydrogen-bond acceptors (Lipinski definition) is 4. The highest BCUT2D eigenvalue weighted by Crippen LogP contribution is 2.18. The van der Waals surface area contributed by atoms with Gasteiger partial charge in [-0.15, -0.1) is 0 Å². The SMILES string of the molecule is CC(NC(C)(O)c1ccccc1)C(=O)c1ccco1. The first-order valence-corrected chi connectivity index (χ1v) is 6.14. The van der Waals surface area contributed by atoms with E-state index in [4.69, 9.17) is 4.42 Å². The maximum absolute atomic E-state index is 12.0. The Morgan fingerprint density at radius 2 is 1.95 bits per heavy atom. The summed E-state index contributed by atoms with van der Waals surface area (Å²) < 4.78 is 5.07. The lowest BCUT2D eigenvalue weighted by Gasteiger charge is -2.28. The van der Waals surface area contributed by atoms with E-state index in [0.29, 0.717) is 5.56 Å². The molecule has 1 heterocycles. The van der Waals surface area contributed by atoms with Crippen LogP contribution in [-0.4, -0.2) is 16.9 Å². The quantitative estimate of drug-likeness (QED) is 0.639. The lowest BCUT2D eigenvalue weighted by Crippen LogP contribution is -2.47. The molecule has 0 saturated carbocycles. The van der Waals surface area contributed by atoms with Crippen LogP contribution in [0.25, 0.3) is 0 Å². The van der Waals surface area contributed by atoms with Gasteiger partial charge in [-0.1, -0.05) is 30.3 Å². The van der Waals surface area contributed by atoms with Gasteiger partial charge < -0.3 is 9.52 Å². The molecule has 2 unspecified atom stereocenters. The van der Waals surface area contributed by atoms with E-state index in [-0.39, 0.29) is 11.5 Å². The Labute approximate surface area is 112 Å². The summed E-state index contributed by atoms with van der Waals surface area (Å²) in [4.78, 5) is 12.0. The number of carbonyl (C=O) groups is 1. The molecule has 100 valence electrons. The van der Waals surface area contributed by atoms with Crippen LogP contribution in [0.15, 0.2) is 53.1 Å². The number of Topliss-reactive ketones (excluding diaryl/α,β-unsaturated/α-hetero) is 1. The molecule has 0 aliphatic rings. The highest BCUT2D eigenvalue weighted by Gasteiger charge is 2.28. The first-order valence-electron chi connectivity index (χ1n) is 6.14. The fourth-order valence-corrected chi connectivity index (χ4v) is 1.97. The molecule has 2 aromatic rings. The van der Waals surface area contributed by atoms with Crippen molar-refractivity contribution in [1.29, 1.82) is 0 Å². The Hall–Kier alpha value is -1.91. The number of rotatable bonds is 5. The van der Waals surface area contributed by atoms with Gasteiger partial charge in [0.1, 0.15) is 5.72 Å². The summed E-state index contributed by atoms with van der Waals surface area (Å²) >= 11 is 0. The van der Waals surface area contributed by atoms with Crippen LogP contribution in [0.4, 0.5) is 0 Å². The van der Waals surface area contributed by atoms with Crippen LogP contribution in [0.1, 0.15) is 30.0 Å². The number of furan rings is 1. The van der Waals surface area contributed by atoms with Crippen LogP contribution >= 0.6 is 0 Å². The van der Waals surface area contributed by atoms with Gasteiger partial charge in [-0.2, -0.15) is 0 Å². The third-order valence-electron chi connectivity index (χ3n) is 2.99. The maximum Gasteiger partial charge on any atom is 0.214 e. The second-order valence-electron chi connectivity index (χ2n) is 4.65. The molecule has 19 heavy (non-hydrogen) atoms. The standard InChI is InChI=1S/C15H17NO3/c1-11(14(17)13-9-6-10-19-13)16-15(2,18)12-7-4-3-5-8-12/h3-11,16,18H,1-2H3. The lowest BCUT2D eigenvalue weighted by molar-refractivity contribution is 0.00995. The van der Waals surface area contributed by atoms with E-state index in [1.807, 2.05) is 18.2 Å². The number of carbonyl (C=O) groups excluding carboxylic acids is 1. The molecule has 2 N–H and O–H groups in total. The molecule has 4 heteroatoms. The number of nitrogens with one attached hydrogen (secondary N) is 1. The smallest absolute Gasteiger partial charge is 0.214 e. The fraction of sp³-hybridized carbons (Fsp3) is 0.267. The summed E-state index contributed by atoms with van der Waals surface area (Å²) in [5.41, 5.74) is -0.572. The highest BCUT2D eigenvalue weighted by atomic mass is 16.3. The Balaban J connectivity index is 2.10. The van der Waals surface area contributed by atoms with Crippen molar-refractivity contribution >= 4 is 5.78 Å². The first kappa shape index (κ1) is 13.5. The van der Waals surface area contributed by atoms with Crippen LogP contribution in [0.3, 0.4) is 0 Å². The molecule has 0 aliphatic heterocycles. The molecule has 4 nitrogen and oxygen atoms in total. The van der Waals surface area contributed by atoms with E-state index in [1.165, 1.54) is 6.26 Å². The number of ketones is 1. The number of aliphatic hydroxyl groups is 1. The largest absolute Gasteiger partial charge is 0.461 e. The van der Waals surface area contributed by atoms with Gasteiger partial charge >= 0.3 is 0 Å². The molecule has 1 aromatic carbocycles. The van der Waals surface area contributed by atoms with Crippen molar-refractivity contribution in [3.05, 3.63) is 60.1 Å². The van der Waals surface area contributed by atoms with E-state index < -0.39 is 11.8 Å². The van der Waals surface area contributed by atoms with Crippen molar-refractivity contribution in [2.75, 3.05) is 0 Å². The maximum atomic E-state index is 12.0. The molecule has 2 rings (SSSR count). The Morgan fingerprint density at radius 3 is 2.53 bits per heavy atom. The lowest BCUT2D eigenvalue weighted by atomic mass is 10.0. The van der Waals surface area contributed by atoms with Crippen LogP contribution in [-0.2, 0) is 5.72 Å². The van der Waals surface area contributed by atoms with E-state index in [2.05, 4.69) is 5.32 Å². The third kappa shape index (κ3) is 3.10. The topological polar surface area (TPSA) is 62.5 Å². The average molecular weight is 259 g/mol. The first-order chi connectivity index (χ1) is 9.00. The van der Waals surface area contributed by atoms with Crippen molar-refractivity contribution in [3.63, 3.8) is 0 Å². The van der Waals surface area contributed by atoms with Crippen molar-refractivity contribution in [2.45, 2.75) is 25.6 Å². The molecule has 1 aromatic heterocycles. The Morgan fingerprint density at radius 1 is 1.26 bits per heavy atom. The average Bonchev–Trinajstić information content (AvgIpc) is 2.92. The zero-order valence-electron chi connectivity index (χ0n) is 11.0. The van der Waals surface area contributed by atoms with Crippen LogP contribution < -0.4 is 5.32 Å². The fourth-order valence-electron chi connectivity index (χ4n) is 1.97. The number of hydrogen-bond donors (Lipinski definition) is 2. The predicted molar refractivity (Wildman–Crippen MR) is 71.6 cm³/mol. The predicted octanol–water partition coefficient (Wildman–Crippen LogP) is 2.31. The zero-order valence-corrected chi connectivity index (χ0v) is 11.0. The van der Waals surface area contributed by atoms with Crippen LogP contribution in [0.5, 0.6) is 0 Å². The van der Waals surface area contributed by atoms with Crippen LogP contribution in [0, 0.1) is 0 Å². The molecule has 0 fully saturated rings. The monoisotopic (exact) mass is 259 g/mol. The van der Waals surface area contributed by atoms with Crippen molar-refractivity contribution < 1.29 is 14.3 Å². The van der Waals surface area contributed by atoms with E-state index >= 15 is 0 Å². The summed E-state index contributed by atoms with van der Waals surface area (Å²) in [6, 6.07) is 11.9. The normalized spacial score (nSPS) is 15.7. The Kier molecular flexibility index (Phi) is 3.83. The summed E-state index contributed by atoms with van der Waals surface area (Å²) in [6.07, 6.45) is 1.45. The van der Waals surface area contributed by atoms with Crippen molar-refractivity contribution in [1.82, 2.24) is 5.32 Å². The van der Waals surface area contributed by atoms with E-state index in [1.54, 1.807) is 38.1 Å². The van der Waals surface area contributed by atoms with Gasteiger partial charge in [0.15, 0.2) is 5.76 Å². The van der Waals surface area contributed by atoms with Crippen LogP contribution in [0.2, 0.25) is 0 Å². The minimum atomic E-state index is -1.27. The summed E-state index contributed by atoms with van der Waals surface area (Å²) in [6.45, 7) is 3.32. The summed E-state index contributed by atoms with van der Waals surface area (Å²) in [5.74, 6) is 0.0880. The van der Waals surface area contributed by atoms with E-state index in [9.17, 15) is 9.90 Å². The Bertz CT molecular complexity index is 532. The molecule has 2 atom stereocenters. The van der Waals surface area contributed by atoms with Crippen molar-refractivity contribution in [3.8, 4) is 0 Å².